The number of carbonyl (C=O) groups is 1. The van der Waals surface area contributed by atoms with Gasteiger partial charge in [-0.05, 0) is 19.4 Å². The Balaban J connectivity index is 2.05. The van der Waals surface area contributed by atoms with E-state index in [9.17, 15) is 4.79 Å². The monoisotopic (exact) mass is 168 g/mol. The van der Waals surface area contributed by atoms with E-state index >= 15 is 0 Å². The Hall–Kier alpha value is -0.570. The molecular formula is C9H16N2O. The summed E-state index contributed by atoms with van der Waals surface area (Å²) in [5.41, 5.74) is 0. The van der Waals surface area contributed by atoms with Crippen molar-refractivity contribution in [2.24, 2.45) is 0 Å². The normalized spacial score (nSPS) is 30.9. The summed E-state index contributed by atoms with van der Waals surface area (Å²) in [4.78, 5) is 15.8. The van der Waals surface area contributed by atoms with Crippen LogP contribution in [0.15, 0.2) is 0 Å². The topological polar surface area (TPSA) is 23.6 Å². The second-order valence-electron chi connectivity index (χ2n) is 3.71. The molecular weight excluding hydrogens is 152 g/mol. The lowest BCUT2D eigenvalue weighted by Gasteiger charge is -2.36. The van der Waals surface area contributed by atoms with Crippen LogP contribution in [0.5, 0.6) is 0 Å². The Labute approximate surface area is 73.3 Å². The molecule has 2 rings (SSSR count). The van der Waals surface area contributed by atoms with E-state index in [1.54, 1.807) is 0 Å². The van der Waals surface area contributed by atoms with Gasteiger partial charge in [0.1, 0.15) is 0 Å². The highest BCUT2D eigenvalue weighted by Gasteiger charge is 2.34. The summed E-state index contributed by atoms with van der Waals surface area (Å²) < 4.78 is 0. The maximum atomic E-state index is 11.5. The molecule has 1 amide bonds. The molecule has 2 heterocycles. The number of amides is 1. The number of hydrogen-bond acceptors (Lipinski definition) is 2. The van der Waals surface area contributed by atoms with Crippen molar-refractivity contribution in [1.29, 1.82) is 0 Å². The van der Waals surface area contributed by atoms with Gasteiger partial charge in [0.15, 0.2) is 0 Å². The highest BCUT2D eigenvalue weighted by molar-refractivity contribution is 5.79. The van der Waals surface area contributed by atoms with Gasteiger partial charge in [-0.25, -0.2) is 0 Å². The van der Waals surface area contributed by atoms with Crippen LogP contribution in [-0.2, 0) is 4.79 Å². The molecule has 0 N–H and O–H groups in total. The maximum absolute atomic E-state index is 11.5. The molecule has 0 saturated carbocycles. The summed E-state index contributed by atoms with van der Waals surface area (Å²) in [6.45, 7) is 5.88. The van der Waals surface area contributed by atoms with E-state index in [1.807, 2.05) is 0 Å². The molecule has 3 heteroatoms. The van der Waals surface area contributed by atoms with Gasteiger partial charge in [-0.1, -0.05) is 6.92 Å². The third-order valence-electron chi connectivity index (χ3n) is 2.97. The summed E-state index contributed by atoms with van der Waals surface area (Å²) in [5.74, 6) is 0.339. The van der Waals surface area contributed by atoms with Crippen LogP contribution in [0.1, 0.15) is 19.8 Å². The summed E-state index contributed by atoms with van der Waals surface area (Å²) in [6.07, 6.45) is 2.41. The van der Waals surface area contributed by atoms with Crippen LogP contribution >= 0.6 is 0 Å². The van der Waals surface area contributed by atoms with Crippen molar-refractivity contribution in [3.63, 3.8) is 0 Å². The SMILES string of the molecule is CCN1CC(=O)N2CCCC2C1. The number of likely N-dealkylation sites (N-methyl/N-ethyl adjacent to an activating group) is 1. The minimum Gasteiger partial charge on any atom is -0.337 e. The Kier molecular flexibility index (Phi) is 2.05. The lowest BCUT2D eigenvalue weighted by atomic mass is 10.1. The van der Waals surface area contributed by atoms with Crippen molar-refractivity contribution < 1.29 is 4.79 Å². The highest BCUT2D eigenvalue weighted by atomic mass is 16.2. The van der Waals surface area contributed by atoms with E-state index in [4.69, 9.17) is 0 Å². The molecule has 0 spiro atoms. The van der Waals surface area contributed by atoms with E-state index in [2.05, 4.69) is 16.7 Å². The lowest BCUT2D eigenvalue weighted by Crippen LogP contribution is -2.53. The molecule has 2 fully saturated rings. The first kappa shape index (κ1) is 8.05. The molecule has 1 unspecified atom stereocenters. The largest absolute Gasteiger partial charge is 0.337 e. The highest BCUT2D eigenvalue weighted by Crippen LogP contribution is 2.21. The van der Waals surface area contributed by atoms with E-state index in [1.165, 1.54) is 12.8 Å². The number of rotatable bonds is 1. The molecule has 12 heavy (non-hydrogen) atoms. The van der Waals surface area contributed by atoms with Crippen LogP contribution in [0.25, 0.3) is 0 Å². The molecule has 3 nitrogen and oxygen atoms in total. The van der Waals surface area contributed by atoms with Gasteiger partial charge in [0.05, 0.1) is 6.54 Å². The van der Waals surface area contributed by atoms with Crippen molar-refractivity contribution in [3.8, 4) is 0 Å². The van der Waals surface area contributed by atoms with E-state index in [0.29, 0.717) is 18.5 Å². The number of nitrogens with zero attached hydrogens (tertiary/aromatic N) is 2. The van der Waals surface area contributed by atoms with E-state index in [0.717, 1.165) is 19.6 Å². The average Bonchev–Trinajstić information content (AvgIpc) is 2.52. The van der Waals surface area contributed by atoms with Gasteiger partial charge in [-0.15, -0.1) is 0 Å². The molecule has 0 bridgehead atoms. The first-order valence-electron chi connectivity index (χ1n) is 4.83. The van der Waals surface area contributed by atoms with Crippen LogP contribution in [0.3, 0.4) is 0 Å². The van der Waals surface area contributed by atoms with Crippen LogP contribution in [0, 0.1) is 0 Å². The van der Waals surface area contributed by atoms with Crippen LogP contribution in [-0.4, -0.2) is 47.9 Å². The zero-order chi connectivity index (χ0) is 8.55. The molecule has 0 aliphatic carbocycles. The minimum absolute atomic E-state index is 0.339. The first-order valence-corrected chi connectivity index (χ1v) is 4.83. The molecule has 0 radical (unpaired) electrons. The lowest BCUT2D eigenvalue weighted by molar-refractivity contribution is -0.137. The Morgan fingerprint density at radius 3 is 3.17 bits per heavy atom. The van der Waals surface area contributed by atoms with Crippen molar-refractivity contribution >= 4 is 5.91 Å². The zero-order valence-electron chi connectivity index (χ0n) is 7.62. The van der Waals surface area contributed by atoms with Crippen LogP contribution in [0.2, 0.25) is 0 Å². The third kappa shape index (κ3) is 1.22. The number of fused-ring (bicyclic) bond motifs is 1. The first-order chi connectivity index (χ1) is 5.81. The Morgan fingerprint density at radius 2 is 2.42 bits per heavy atom. The summed E-state index contributed by atoms with van der Waals surface area (Å²) in [7, 11) is 0. The van der Waals surface area contributed by atoms with E-state index in [-0.39, 0.29) is 0 Å². The van der Waals surface area contributed by atoms with Gasteiger partial charge < -0.3 is 4.90 Å². The van der Waals surface area contributed by atoms with Gasteiger partial charge in [0.25, 0.3) is 0 Å². The standard InChI is InChI=1S/C9H16N2O/c1-2-10-6-8-4-3-5-11(8)9(12)7-10/h8H,2-7H2,1H3. The molecule has 2 aliphatic heterocycles. The van der Waals surface area contributed by atoms with Crippen molar-refractivity contribution in [1.82, 2.24) is 9.80 Å². The fraction of sp³-hybridized carbons (Fsp3) is 0.889. The fourth-order valence-electron chi connectivity index (χ4n) is 2.24. The van der Waals surface area contributed by atoms with Crippen LogP contribution in [0.4, 0.5) is 0 Å². The smallest absolute Gasteiger partial charge is 0.237 e. The predicted octanol–water partition coefficient (Wildman–Crippen LogP) is 0.313. The van der Waals surface area contributed by atoms with Gasteiger partial charge in [-0.2, -0.15) is 0 Å². The van der Waals surface area contributed by atoms with Gasteiger partial charge in [-0.3, -0.25) is 9.69 Å². The predicted molar refractivity (Wildman–Crippen MR) is 46.8 cm³/mol. The molecule has 1 atom stereocenters. The van der Waals surface area contributed by atoms with Gasteiger partial charge in [0.2, 0.25) is 5.91 Å². The van der Waals surface area contributed by atoms with Gasteiger partial charge in [0, 0.05) is 19.1 Å². The Bertz CT molecular complexity index is 193. The summed E-state index contributed by atoms with van der Waals surface area (Å²) >= 11 is 0. The van der Waals surface area contributed by atoms with Crippen molar-refractivity contribution in [2.45, 2.75) is 25.8 Å². The van der Waals surface area contributed by atoms with Gasteiger partial charge >= 0.3 is 0 Å². The zero-order valence-corrected chi connectivity index (χ0v) is 7.62. The Morgan fingerprint density at radius 1 is 1.58 bits per heavy atom. The van der Waals surface area contributed by atoms with Crippen LogP contribution < -0.4 is 0 Å². The summed E-state index contributed by atoms with van der Waals surface area (Å²) in [5, 5.41) is 0. The van der Waals surface area contributed by atoms with E-state index < -0.39 is 0 Å². The molecule has 68 valence electrons. The minimum atomic E-state index is 0.339. The summed E-state index contributed by atoms with van der Waals surface area (Å²) in [6, 6.07) is 0.534. The number of hydrogen-bond donors (Lipinski definition) is 0. The van der Waals surface area contributed by atoms with Crippen molar-refractivity contribution in [3.05, 3.63) is 0 Å². The third-order valence-corrected chi connectivity index (χ3v) is 2.97. The quantitative estimate of drug-likeness (QED) is 0.562. The molecule has 0 aromatic carbocycles. The average molecular weight is 168 g/mol. The number of piperazine rings is 1. The molecule has 2 saturated heterocycles. The fourth-order valence-corrected chi connectivity index (χ4v) is 2.24. The molecule has 0 aromatic rings. The second kappa shape index (κ2) is 3.05. The molecule has 0 aromatic heterocycles. The second-order valence-corrected chi connectivity index (χ2v) is 3.71. The number of carbonyl (C=O) groups excluding carboxylic acids is 1. The molecule has 2 aliphatic rings. The van der Waals surface area contributed by atoms with Crippen molar-refractivity contribution in [2.75, 3.05) is 26.2 Å². The maximum Gasteiger partial charge on any atom is 0.237 e.